The number of sulfonamides is 1. The molecule has 1 aliphatic rings. The third-order valence-electron chi connectivity index (χ3n) is 5.16. The van der Waals surface area contributed by atoms with Crippen LogP contribution < -0.4 is 9.21 Å². The van der Waals surface area contributed by atoms with Gasteiger partial charge in [0.2, 0.25) is 15.9 Å². The molecule has 1 saturated heterocycles. The van der Waals surface area contributed by atoms with E-state index >= 15 is 0 Å². The number of nitrogens with zero attached hydrogens (tertiary/aromatic N) is 3. The molecule has 0 saturated carbocycles. The molecule has 0 spiro atoms. The van der Waals surface area contributed by atoms with Gasteiger partial charge in [0.15, 0.2) is 0 Å². The zero-order valence-corrected chi connectivity index (χ0v) is 18.5. The molecule has 0 radical (unpaired) electrons. The number of amides is 1. The van der Waals surface area contributed by atoms with Crippen LogP contribution in [0.1, 0.15) is 13.3 Å². The van der Waals surface area contributed by atoms with Gasteiger partial charge in [-0.1, -0.05) is 24.6 Å². The molecule has 1 heterocycles. The van der Waals surface area contributed by atoms with Crippen LogP contribution in [0, 0.1) is 5.82 Å². The minimum absolute atomic E-state index is 0.252. The minimum atomic E-state index is -3.75. The van der Waals surface area contributed by atoms with Crippen LogP contribution >= 0.6 is 11.6 Å². The Morgan fingerprint density at radius 3 is 2.30 bits per heavy atom. The van der Waals surface area contributed by atoms with E-state index < -0.39 is 21.9 Å². The summed E-state index contributed by atoms with van der Waals surface area (Å²) in [6, 6.07) is 11.8. The number of rotatable bonds is 6. The first-order chi connectivity index (χ1) is 14.2. The highest BCUT2D eigenvalue weighted by atomic mass is 35.5. The summed E-state index contributed by atoms with van der Waals surface area (Å²) < 4.78 is 39.4. The van der Waals surface area contributed by atoms with Crippen molar-refractivity contribution >= 4 is 38.9 Å². The van der Waals surface area contributed by atoms with E-state index in [4.69, 9.17) is 11.6 Å². The van der Waals surface area contributed by atoms with E-state index in [1.807, 2.05) is 24.3 Å². The van der Waals surface area contributed by atoms with E-state index in [0.29, 0.717) is 37.6 Å². The Hall–Kier alpha value is -2.32. The van der Waals surface area contributed by atoms with Crippen molar-refractivity contribution in [3.63, 3.8) is 0 Å². The van der Waals surface area contributed by atoms with Crippen molar-refractivity contribution < 1.29 is 17.6 Å². The average Bonchev–Trinajstić information content (AvgIpc) is 2.71. The molecule has 3 rings (SSSR count). The highest BCUT2D eigenvalue weighted by Gasteiger charge is 2.35. The maximum absolute atomic E-state index is 13.3. The number of benzene rings is 2. The van der Waals surface area contributed by atoms with Crippen molar-refractivity contribution in [2.75, 3.05) is 41.6 Å². The Labute approximate surface area is 181 Å². The largest absolute Gasteiger partial charge is 0.368 e. The maximum Gasteiger partial charge on any atom is 0.246 e. The number of hydrogen-bond donors (Lipinski definition) is 0. The molecule has 0 aliphatic carbocycles. The van der Waals surface area contributed by atoms with Gasteiger partial charge in [0.25, 0.3) is 0 Å². The van der Waals surface area contributed by atoms with Gasteiger partial charge in [-0.2, -0.15) is 0 Å². The van der Waals surface area contributed by atoms with Crippen LogP contribution in [0.15, 0.2) is 48.5 Å². The van der Waals surface area contributed by atoms with Crippen molar-refractivity contribution in [3.8, 4) is 0 Å². The predicted octanol–water partition coefficient (Wildman–Crippen LogP) is 3.37. The Morgan fingerprint density at radius 1 is 1.13 bits per heavy atom. The van der Waals surface area contributed by atoms with Gasteiger partial charge in [-0.3, -0.25) is 9.10 Å². The molecule has 9 heteroatoms. The summed E-state index contributed by atoms with van der Waals surface area (Å²) in [5.41, 5.74) is 1.27. The lowest BCUT2D eigenvalue weighted by atomic mass is 10.1. The smallest absolute Gasteiger partial charge is 0.246 e. The van der Waals surface area contributed by atoms with Gasteiger partial charge in [-0.05, 0) is 48.9 Å². The van der Waals surface area contributed by atoms with Crippen molar-refractivity contribution in [2.24, 2.45) is 0 Å². The number of carbonyl (C=O) groups excluding carboxylic acids is 1. The second-order valence-corrected chi connectivity index (χ2v) is 9.55. The molecule has 0 aromatic heterocycles. The van der Waals surface area contributed by atoms with Gasteiger partial charge in [0.1, 0.15) is 11.9 Å². The van der Waals surface area contributed by atoms with Crippen LogP contribution in [0.5, 0.6) is 0 Å². The van der Waals surface area contributed by atoms with Gasteiger partial charge < -0.3 is 9.80 Å². The van der Waals surface area contributed by atoms with Crippen LogP contribution in [-0.4, -0.2) is 57.7 Å². The van der Waals surface area contributed by atoms with Gasteiger partial charge in [0, 0.05) is 36.9 Å². The molecule has 1 atom stereocenters. The Balaban J connectivity index is 1.77. The molecule has 1 fully saturated rings. The van der Waals surface area contributed by atoms with Crippen LogP contribution in [0.2, 0.25) is 5.02 Å². The second-order valence-electron chi connectivity index (χ2n) is 7.25. The second kappa shape index (κ2) is 9.22. The molecule has 6 nitrogen and oxygen atoms in total. The summed E-state index contributed by atoms with van der Waals surface area (Å²) in [4.78, 5) is 17.1. The Morgan fingerprint density at radius 2 is 1.77 bits per heavy atom. The standard InChI is InChI=1S/C21H25ClFN3O3S/c1-3-20(26(30(2,28)29)18-9-7-17(23)8-10-18)21(27)25-13-11-24(12-14-25)19-6-4-5-16(22)15-19/h4-10,15,20H,3,11-14H2,1-2H3. The first kappa shape index (κ1) is 22.4. The van der Waals surface area contributed by atoms with E-state index in [-0.39, 0.29) is 11.6 Å². The van der Waals surface area contributed by atoms with Gasteiger partial charge in [-0.25, -0.2) is 12.8 Å². The summed E-state index contributed by atoms with van der Waals surface area (Å²) in [6.45, 7) is 3.97. The quantitative estimate of drug-likeness (QED) is 0.672. The average molecular weight is 454 g/mol. The molecule has 1 unspecified atom stereocenters. The topological polar surface area (TPSA) is 60.9 Å². The van der Waals surface area contributed by atoms with Crippen molar-refractivity contribution in [1.82, 2.24) is 4.90 Å². The van der Waals surface area contributed by atoms with E-state index in [1.165, 1.54) is 24.3 Å². The van der Waals surface area contributed by atoms with Gasteiger partial charge in [-0.15, -0.1) is 0 Å². The SMILES string of the molecule is CCC(C(=O)N1CCN(c2cccc(Cl)c2)CC1)N(c1ccc(F)cc1)S(C)(=O)=O. The molecule has 0 N–H and O–H groups in total. The third-order valence-corrected chi connectivity index (χ3v) is 6.57. The highest BCUT2D eigenvalue weighted by Crippen LogP contribution is 2.25. The minimum Gasteiger partial charge on any atom is -0.368 e. The van der Waals surface area contributed by atoms with Crippen LogP contribution in [-0.2, 0) is 14.8 Å². The normalized spacial score (nSPS) is 15.7. The van der Waals surface area contributed by atoms with Crippen molar-refractivity contribution in [2.45, 2.75) is 19.4 Å². The molecule has 162 valence electrons. The van der Waals surface area contributed by atoms with Crippen molar-refractivity contribution in [3.05, 3.63) is 59.4 Å². The molecule has 2 aromatic rings. The monoisotopic (exact) mass is 453 g/mol. The number of hydrogen-bond acceptors (Lipinski definition) is 4. The fourth-order valence-electron chi connectivity index (χ4n) is 3.70. The van der Waals surface area contributed by atoms with E-state index in [9.17, 15) is 17.6 Å². The zero-order chi connectivity index (χ0) is 21.9. The zero-order valence-electron chi connectivity index (χ0n) is 17.0. The molecule has 0 bridgehead atoms. The maximum atomic E-state index is 13.3. The first-order valence-electron chi connectivity index (χ1n) is 9.75. The molecule has 2 aromatic carbocycles. The van der Waals surface area contributed by atoms with E-state index in [1.54, 1.807) is 11.8 Å². The third kappa shape index (κ3) is 5.05. The van der Waals surface area contributed by atoms with Crippen molar-refractivity contribution in [1.29, 1.82) is 0 Å². The summed E-state index contributed by atoms with van der Waals surface area (Å²) in [5, 5.41) is 0.653. The lowest BCUT2D eigenvalue weighted by Crippen LogP contribution is -2.56. The molecule has 1 amide bonds. The Bertz CT molecular complexity index is 993. The van der Waals surface area contributed by atoms with Gasteiger partial charge in [0.05, 0.1) is 11.9 Å². The highest BCUT2D eigenvalue weighted by molar-refractivity contribution is 7.92. The molecular weight excluding hydrogens is 429 g/mol. The van der Waals surface area contributed by atoms with Crippen LogP contribution in [0.4, 0.5) is 15.8 Å². The summed E-state index contributed by atoms with van der Waals surface area (Å²) in [7, 11) is -3.75. The number of anilines is 2. The number of carbonyl (C=O) groups is 1. The predicted molar refractivity (Wildman–Crippen MR) is 118 cm³/mol. The lowest BCUT2D eigenvalue weighted by Gasteiger charge is -2.39. The fraction of sp³-hybridized carbons (Fsp3) is 0.381. The fourth-order valence-corrected chi connectivity index (χ4v) is 5.09. The summed E-state index contributed by atoms with van der Waals surface area (Å²) in [5.74, 6) is -0.721. The van der Waals surface area contributed by atoms with E-state index in [2.05, 4.69) is 4.90 Å². The summed E-state index contributed by atoms with van der Waals surface area (Å²) in [6.07, 6.45) is 1.36. The van der Waals surface area contributed by atoms with Crippen LogP contribution in [0.25, 0.3) is 0 Å². The lowest BCUT2D eigenvalue weighted by molar-refractivity contribution is -0.132. The first-order valence-corrected chi connectivity index (χ1v) is 12.0. The molecular formula is C21H25ClFN3O3S. The molecule has 1 aliphatic heterocycles. The van der Waals surface area contributed by atoms with E-state index in [0.717, 1.165) is 16.2 Å². The number of piperazine rings is 1. The summed E-state index contributed by atoms with van der Waals surface area (Å²) >= 11 is 6.07. The Kier molecular flexibility index (Phi) is 6.88. The van der Waals surface area contributed by atoms with Crippen LogP contribution in [0.3, 0.4) is 0 Å². The van der Waals surface area contributed by atoms with Gasteiger partial charge >= 0.3 is 0 Å². The molecule has 30 heavy (non-hydrogen) atoms. The number of halogens is 2.